The van der Waals surface area contributed by atoms with Gasteiger partial charge in [0.15, 0.2) is 0 Å². The molecule has 0 aliphatic heterocycles. The first-order valence-corrected chi connectivity index (χ1v) is 11.3. The number of phenolic OH excluding ortho intramolecular Hbond substituents is 3. The van der Waals surface area contributed by atoms with Crippen LogP contribution in [0.15, 0.2) is 29.4 Å². The number of benzene rings is 1. The lowest BCUT2D eigenvalue weighted by Crippen LogP contribution is -2.05. The summed E-state index contributed by atoms with van der Waals surface area (Å²) in [7, 11) is 0. The smallest absolute Gasteiger partial charge is 0.129 e. The summed E-state index contributed by atoms with van der Waals surface area (Å²) in [5, 5.41) is 32.6. The zero-order valence-corrected chi connectivity index (χ0v) is 19.4. The van der Waals surface area contributed by atoms with Gasteiger partial charge in [0.05, 0.1) is 0 Å². The highest BCUT2D eigenvalue weighted by Crippen LogP contribution is 2.48. The van der Waals surface area contributed by atoms with Crippen LogP contribution in [-0.4, -0.2) is 15.3 Å². The second-order valence-electron chi connectivity index (χ2n) is 8.80. The Hall–Kier alpha value is -1.90. The number of rotatable bonds is 12. The number of hydrogen-bond acceptors (Lipinski definition) is 3. The maximum Gasteiger partial charge on any atom is 0.129 e. The van der Waals surface area contributed by atoms with Crippen molar-refractivity contribution in [2.45, 2.75) is 105 Å². The monoisotopic (exact) mass is 402 g/mol. The summed E-state index contributed by atoms with van der Waals surface area (Å²) in [5.41, 5.74) is 3.66. The predicted octanol–water partition coefficient (Wildman–Crippen LogP) is 8.06. The number of phenols is 3. The van der Waals surface area contributed by atoms with Crippen molar-refractivity contribution >= 4 is 0 Å². The molecule has 1 aromatic rings. The summed E-state index contributed by atoms with van der Waals surface area (Å²) in [5.74, 6) is 0.180. The van der Waals surface area contributed by atoms with E-state index in [0.29, 0.717) is 11.1 Å². The van der Waals surface area contributed by atoms with E-state index in [0.717, 1.165) is 51.4 Å². The van der Waals surface area contributed by atoms with Crippen LogP contribution in [0.25, 0.3) is 0 Å². The molecule has 0 aliphatic carbocycles. The van der Waals surface area contributed by atoms with Gasteiger partial charge >= 0.3 is 0 Å². The Kier molecular flexibility index (Phi) is 10.9. The van der Waals surface area contributed by atoms with Crippen molar-refractivity contribution in [3.05, 3.63) is 40.5 Å². The minimum Gasteiger partial charge on any atom is -0.507 e. The van der Waals surface area contributed by atoms with Crippen molar-refractivity contribution < 1.29 is 15.3 Å². The van der Waals surface area contributed by atoms with E-state index in [4.69, 9.17) is 0 Å². The van der Waals surface area contributed by atoms with E-state index in [1.165, 1.54) is 17.2 Å². The summed E-state index contributed by atoms with van der Waals surface area (Å²) in [6.45, 7) is 12.6. The van der Waals surface area contributed by atoms with Crippen LogP contribution in [0, 0.1) is 0 Å². The number of aromatic hydroxyl groups is 3. The van der Waals surface area contributed by atoms with Gasteiger partial charge in [-0.25, -0.2) is 0 Å². The molecular formula is C26H42O3. The van der Waals surface area contributed by atoms with Crippen molar-refractivity contribution in [2.75, 3.05) is 0 Å². The fraction of sp³-hybridized carbons (Fsp3) is 0.615. The van der Waals surface area contributed by atoms with E-state index in [-0.39, 0.29) is 29.1 Å². The molecular weight excluding hydrogens is 360 g/mol. The number of hydrogen-bond donors (Lipinski definition) is 3. The molecule has 3 nitrogen and oxygen atoms in total. The summed E-state index contributed by atoms with van der Waals surface area (Å²) >= 11 is 0. The molecule has 164 valence electrons. The van der Waals surface area contributed by atoms with E-state index in [9.17, 15) is 15.3 Å². The second-order valence-corrected chi connectivity index (χ2v) is 8.80. The van der Waals surface area contributed by atoms with Gasteiger partial charge in [0.25, 0.3) is 0 Å². The third-order valence-corrected chi connectivity index (χ3v) is 5.59. The average molecular weight is 403 g/mol. The molecule has 0 fully saturated rings. The van der Waals surface area contributed by atoms with Gasteiger partial charge in [0.2, 0.25) is 0 Å². The summed E-state index contributed by atoms with van der Waals surface area (Å²) < 4.78 is 0. The van der Waals surface area contributed by atoms with Crippen LogP contribution in [-0.2, 0) is 0 Å². The van der Waals surface area contributed by atoms with Gasteiger partial charge < -0.3 is 15.3 Å². The molecule has 29 heavy (non-hydrogen) atoms. The van der Waals surface area contributed by atoms with Crippen molar-refractivity contribution in [2.24, 2.45) is 0 Å². The van der Waals surface area contributed by atoms with E-state index >= 15 is 0 Å². The van der Waals surface area contributed by atoms with Crippen LogP contribution in [0.5, 0.6) is 17.2 Å². The summed E-state index contributed by atoms with van der Waals surface area (Å²) in [6.07, 6.45) is 11.9. The fourth-order valence-electron chi connectivity index (χ4n) is 3.89. The second kappa shape index (κ2) is 12.6. The molecule has 1 aromatic carbocycles. The molecule has 0 amide bonds. The Morgan fingerprint density at radius 3 is 1.45 bits per heavy atom. The average Bonchev–Trinajstić information content (AvgIpc) is 2.64. The Balaban J connectivity index is 3.47. The van der Waals surface area contributed by atoms with E-state index in [2.05, 4.69) is 53.7 Å². The first-order chi connectivity index (χ1) is 13.7. The minimum atomic E-state index is 0.00321. The highest BCUT2D eigenvalue weighted by atomic mass is 16.3. The van der Waals surface area contributed by atoms with Gasteiger partial charge in [-0.15, -0.1) is 0 Å². The molecule has 1 rings (SSSR count). The minimum absolute atomic E-state index is 0.00321. The largest absolute Gasteiger partial charge is 0.507 e. The van der Waals surface area contributed by atoms with Crippen LogP contribution in [0.1, 0.15) is 116 Å². The number of unbranched alkanes of at least 4 members (excludes halogenated alkanes) is 2. The molecule has 2 atom stereocenters. The van der Waals surface area contributed by atoms with Crippen LogP contribution in [0.4, 0.5) is 0 Å². The Bertz CT molecular complexity index is 636. The standard InChI is InChI=1S/C26H42O3/c1-7-9-11-20(15-13-18(3)4)24-22(27)17-23(28)25(26(24)29)21(12-10-8-2)16-14-19(5)6/h13-14,17,20-21,27-29H,7-12,15-16H2,1-6H3. The van der Waals surface area contributed by atoms with Crippen LogP contribution < -0.4 is 0 Å². The lowest BCUT2D eigenvalue weighted by atomic mass is 9.82. The molecule has 3 N–H and O–H groups in total. The lowest BCUT2D eigenvalue weighted by molar-refractivity contribution is 0.389. The van der Waals surface area contributed by atoms with Crippen LogP contribution >= 0.6 is 0 Å². The van der Waals surface area contributed by atoms with Gasteiger partial charge in [-0.1, -0.05) is 62.8 Å². The fourth-order valence-corrected chi connectivity index (χ4v) is 3.89. The Labute approximate surface area is 178 Å². The highest BCUT2D eigenvalue weighted by molar-refractivity contribution is 5.58. The zero-order valence-electron chi connectivity index (χ0n) is 19.4. The molecule has 0 bridgehead atoms. The summed E-state index contributed by atoms with van der Waals surface area (Å²) in [6, 6.07) is 1.44. The van der Waals surface area contributed by atoms with Crippen molar-refractivity contribution in [1.82, 2.24) is 0 Å². The zero-order chi connectivity index (χ0) is 22.0. The first kappa shape index (κ1) is 25.1. The highest BCUT2D eigenvalue weighted by Gasteiger charge is 2.27. The van der Waals surface area contributed by atoms with Gasteiger partial charge in [0.1, 0.15) is 17.2 Å². The third-order valence-electron chi connectivity index (χ3n) is 5.59. The summed E-state index contributed by atoms with van der Waals surface area (Å²) in [4.78, 5) is 0. The third kappa shape index (κ3) is 7.79. The van der Waals surface area contributed by atoms with Crippen LogP contribution in [0.3, 0.4) is 0 Å². The normalized spacial score (nSPS) is 13.0. The van der Waals surface area contributed by atoms with Crippen molar-refractivity contribution in [3.63, 3.8) is 0 Å². The van der Waals surface area contributed by atoms with Gasteiger partial charge in [0, 0.05) is 17.2 Å². The van der Waals surface area contributed by atoms with E-state index in [1.807, 2.05) is 0 Å². The van der Waals surface area contributed by atoms with Gasteiger partial charge in [-0.2, -0.15) is 0 Å². The van der Waals surface area contributed by atoms with Crippen molar-refractivity contribution in [3.8, 4) is 17.2 Å². The molecule has 0 saturated carbocycles. The maximum absolute atomic E-state index is 11.3. The molecule has 0 radical (unpaired) electrons. The SMILES string of the molecule is CCCCC(CC=C(C)C)c1c(O)cc(O)c(C(CC=C(C)C)CCCC)c1O. The first-order valence-electron chi connectivity index (χ1n) is 11.3. The van der Waals surface area contributed by atoms with E-state index < -0.39 is 0 Å². The van der Waals surface area contributed by atoms with E-state index in [1.54, 1.807) is 0 Å². The van der Waals surface area contributed by atoms with Crippen molar-refractivity contribution in [1.29, 1.82) is 0 Å². The molecule has 0 aromatic heterocycles. The van der Waals surface area contributed by atoms with Crippen LogP contribution in [0.2, 0.25) is 0 Å². The topological polar surface area (TPSA) is 60.7 Å². The Morgan fingerprint density at radius 2 is 1.14 bits per heavy atom. The lowest BCUT2D eigenvalue weighted by Gasteiger charge is -2.25. The van der Waals surface area contributed by atoms with Gasteiger partial charge in [-0.3, -0.25) is 0 Å². The molecule has 0 saturated heterocycles. The molecule has 3 heteroatoms. The Morgan fingerprint density at radius 1 is 0.759 bits per heavy atom. The molecule has 2 unspecified atom stereocenters. The number of allylic oxidation sites excluding steroid dienone is 4. The predicted molar refractivity (Wildman–Crippen MR) is 124 cm³/mol. The molecule has 0 spiro atoms. The maximum atomic E-state index is 11.3. The van der Waals surface area contributed by atoms with Gasteiger partial charge in [-0.05, 0) is 65.2 Å². The molecule has 0 heterocycles. The molecule has 0 aliphatic rings. The quantitative estimate of drug-likeness (QED) is 0.310.